The average Bonchev–Trinajstić information content (AvgIpc) is 2.65. The smallest absolute Gasteiger partial charge is 0.191 e. The fourth-order valence-corrected chi connectivity index (χ4v) is 4.14. The van der Waals surface area contributed by atoms with Gasteiger partial charge in [0.25, 0.3) is 0 Å². The van der Waals surface area contributed by atoms with Gasteiger partial charge < -0.3 is 20.1 Å². The summed E-state index contributed by atoms with van der Waals surface area (Å²) in [4.78, 5) is 7.40. The fraction of sp³-hybridized carbons (Fsp3) is 0.682. The monoisotopic (exact) mass is 516 g/mol. The molecule has 3 unspecified atom stereocenters. The van der Waals surface area contributed by atoms with Gasteiger partial charge in [-0.05, 0) is 40.7 Å². The first-order valence-corrected chi connectivity index (χ1v) is 10.6. The van der Waals surface area contributed by atoms with E-state index in [4.69, 9.17) is 14.5 Å². The van der Waals surface area contributed by atoms with Gasteiger partial charge in [-0.25, -0.2) is 0 Å². The molecule has 1 aromatic carbocycles. The highest BCUT2D eigenvalue weighted by atomic mass is 127. The minimum atomic E-state index is -0.208. The molecule has 3 atom stereocenters. The van der Waals surface area contributed by atoms with Crippen molar-refractivity contribution in [3.8, 4) is 5.75 Å². The van der Waals surface area contributed by atoms with E-state index in [1.165, 1.54) is 5.56 Å². The Morgan fingerprint density at radius 2 is 2.10 bits per heavy atom. The van der Waals surface area contributed by atoms with Crippen molar-refractivity contribution >= 4 is 29.9 Å². The minimum absolute atomic E-state index is 0. The van der Waals surface area contributed by atoms with Crippen LogP contribution >= 0.6 is 24.0 Å². The zero-order valence-electron chi connectivity index (χ0n) is 18.4. The summed E-state index contributed by atoms with van der Waals surface area (Å²) in [7, 11) is 0. The number of halogens is 1. The van der Waals surface area contributed by atoms with Gasteiger partial charge in [0.05, 0.1) is 25.8 Å². The molecule has 1 aromatic rings. The van der Waals surface area contributed by atoms with Crippen LogP contribution in [0.25, 0.3) is 0 Å². The molecule has 2 aliphatic heterocycles. The highest BCUT2D eigenvalue weighted by molar-refractivity contribution is 14.0. The quantitative estimate of drug-likeness (QED) is 0.356. The molecule has 2 heterocycles. The second-order valence-corrected chi connectivity index (χ2v) is 8.53. The summed E-state index contributed by atoms with van der Waals surface area (Å²) in [6.07, 6.45) is 0.893. The van der Waals surface area contributed by atoms with Gasteiger partial charge in [-0.1, -0.05) is 18.2 Å². The predicted molar refractivity (Wildman–Crippen MR) is 129 cm³/mol. The molecule has 0 radical (unpaired) electrons. The third-order valence-corrected chi connectivity index (χ3v) is 5.53. The van der Waals surface area contributed by atoms with E-state index in [9.17, 15) is 0 Å². The topological polar surface area (TPSA) is 58.1 Å². The SMILES string of the molecule is CCNC(=NCC(C)N1CCOCC1C)NC1CC(C)(C)Oc2ccccc21.I. The number of hydrogen-bond donors (Lipinski definition) is 2. The van der Waals surface area contributed by atoms with Gasteiger partial charge >= 0.3 is 0 Å². The average molecular weight is 516 g/mol. The lowest BCUT2D eigenvalue weighted by molar-refractivity contribution is -0.0166. The molecule has 1 saturated heterocycles. The summed E-state index contributed by atoms with van der Waals surface area (Å²) in [6, 6.07) is 9.30. The van der Waals surface area contributed by atoms with Crippen molar-refractivity contribution in [1.29, 1.82) is 0 Å². The largest absolute Gasteiger partial charge is 0.487 e. The van der Waals surface area contributed by atoms with Crippen LogP contribution in [0.2, 0.25) is 0 Å². The predicted octanol–water partition coefficient (Wildman–Crippen LogP) is 3.57. The van der Waals surface area contributed by atoms with Crippen molar-refractivity contribution in [3.63, 3.8) is 0 Å². The first-order chi connectivity index (χ1) is 13.4. The van der Waals surface area contributed by atoms with Gasteiger partial charge in [-0.15, -0.1) is 24.0 Å². The standard InChI is InChI=1S/C22H36N4O2.HI/c1-6-23-21(24-14-16(2)26-11-12-27-15-17(26)3)25-19-13-22(4,5)28-20-10-8-7-9-18(19)20;/h7-10,16-17,19H,6,11-15H2,1-5H3,(H2,23,24,25);1H. The van der Waals surface area contributed by atoms with Gasteiger partial charge in [0, 0.05) is 37.2 Å². The summed E-state index contributed by atoms with van der Waals surface area (Å²) in [5, 5.41) is 7.07. The van der Waals surface area contributed by atoms with Crippen LogP contribution in [0.15, 0.2) is 29.3 Å². The lowest BCUT2D eigenvalue weighted by Gasteiger charge is -2.39. The number of benzene rings is 1. The van der Waals surface area contributed by atoms with Crippen LogP contribution < -0.4 is 15.4 Å². The highest BCUT2D eigenvalue weighted by Crippen LogP contribution is 2.39. The van der Waals surface area contributed by atoms with Crippen molar-refractivity contribution in [2.45, 2.75) is 64.8 Å². The number of fused-ring (bicyclic) bond motifs is 1. The van der Waals surface area contributed by atoms with Crippen LogP contribution in [-0.4, -0.2) is 61.4 Å². The van der Waals surface area contributed by atoms with E-state index in [2.05, 4.69) is 68.4 Å². The molecule has 0 bridgehead atoms. The molecular weight excluding hydrogens is 479 g/mol. The van der Waals surface area contributed by atoms with E-state index < -0.39 is 0 Å². The van der Waals surface area contributed by atoms with Crippen molar-refractivity contribution in [3.05, 3.63) is 29.8 Å². The molecule has 0 aromatic heterocycles. The molecule has 1 fully saturated rings. The van der Waals surface area contributed by atoms with E-state index in [-0.39, 0.29) is 35.6 Å². The van der Waals surface area contributed by atoms with E-state index >= 15 is 0 Å². The Morgan fingerprint density at radius 1 is 1.34 bits per heavy atom. The summed E-state index contributed by atoms with van der Waals surface area (Å²) in [5.41, 5.74) is 0.988. The molecule has 6 nitrogen and oxygen atoms in total. The molecule has 3 rings (SSSR count). The van der Waals surface area contributed by atoms with Crippen LogP contribution in [0.5, 0.6) is 5.75 Å². The number of ether oxygens (including phenoxy) is 2. The molecule has 7 heteroatoms. The molecule has 29 heavy (non-hydrogen) atoms. The Labute approximate surface area is 192 Å². The maximum absolute atomic E-state index is 6.16. The summed E-state index contributed by atoms with van der Waals surface area (Å²) in [5.74, 6) is 1.83. The maximum Gasteiger partial charge on any atom is 0.191 e. The second-order valence-electron chi connectivity index (χ2n) is 8.53. The Hall–Kier alpha value is -1.06. The minimum Gasteiger partial charge on any atom is -0.487 e. The zero-order chi connectivity index (χ0) is 20.1. The number of morpholine rings is 1. The number of nitrogens with zero attached hydrogens (tertiary/aromatic N) is 2. The molecular formula is C22H37IN4O2. The number of hydrogen-bond acceptors (Lipinski definition) is 4. The van der Waals surface area contributed by atoms with E-state index in [0.717, 1.165) is 51.0 Å². The fourth-order valence-electron chi connectivity index (χ4n) is 4.14. The van der Waals surface area contributed by atoms with Crippen molar-refractivity contribution < 1.29 is 9.47 Å². The third-order valence-electron chi connectivity index (χ3n) is 5.53. The van der Waals surface area contributed by atoms with Gasteiger partial charge in [-0.3, -0.25) is 9.89 Å². The number of rotatable bonds is 5. The Balaban J connectivity index is 0.00000300. The van der Waals surface area contributed by atoms with E-state index in [0.29, 0.717) is 12.1 Å². The second kappa shape index (κ2) is 10.8. The number of nitrogens with one attached hydrogen (secondary N) is 2. The van der Waals surface area contributed by atoms with Crippen LogP contribution in [0.3, 0.4) is 0 Å². The van der Waals surface area contributed by atoms with E-state index in [1.807, 2.05) is 6.07 Å². The van der Waals surface area contributed by atoms with Gasteiger partial charge in [0.2, 0.25) is 0 Å². The van der Waals surface area contributed by atoms with Crippen LogP contribution in [0, 0.1) is 0 Å². The molecule has 0 saturated carbocycles. The van der Waals surface area contributed by atoms with Crippen LogP contribution in [-0.2, 0) is 4.74 Å². The van der Waals surface area contributed by atoms with Crippen molar-refractivity contribution in [1.82, 2.24) is 15.5 Å². The molecule has 0 aliphatic carbocycles. The van der Waals surface area contributed by atoms with E-state index in [1.54, 1.807) is 0 Å². The summed E-state index contributed by atoms with van der Waals surface area (Å²) in [6.45, 7) is 15.1. The lowest BCUT2D eigenvalue weighted by Crippen LogP contribution is -2.50. The lowest BCUT2D eigenvalue weighted by atomic mass is 9.90. The Morgan fingerprint density at radius 3 is 2.83 bits per heavy atom. The third kappa shape index (κ3) is 6.46. The first kappa shape index (κ1) is 24.2. The Kier molecular flexibility index (Phi) is 9.03. The van der Waals surface area contributed by atoms with Crippen molar-refractivity contribution in [2.24, 2.45) is 4.99 Å². The summed E-state index contributed by atoms with van der Waals surface area (Å²) >= 11 is 0. The molecule has 164 valence electrons. The van der Waals surface area contributed by atoms with Crippen LogP contribution in [0.4, 0.5) is 0 Å². The number of guanidine groups is 1. The van der Waals surface area contributed by atoms with Gasteiger partial charge in [0.1, 0.15) is 11.4 Å². The summed E-state index contributed by atoms with van der Waals surface area (Å²) < 4.78 is 11.7. The zero-order valence-corrected chi connectivity index (χ0v) is 20.7. The number of aliphatic imine (C=N–C) groups is 1. The normalized spacial score (nSPS) is 25.2. The molecule has 2 N–H and O–H groups in total. The number of para-hydroxylation sites is 1. The van der Waals surface area contributed by atoms with Gasteiger partial charge in [-0.2, -0.15) is 0 Å². The Bertz CT molecular complexity index is 683. The maximum atomic E-state index is 6.16. The first-order valence-electron chi connectivity index (χ1n) is 10.6. The highest BCUT2D eigenvalue weighted by Gasteiger charge is 2.34. The molecule has 0 spiro atoms. The van der Waals surface area contributed by atoms with Crippen LogP contribution in [0.1, 0.15) is 52.6 Å². The molecule has 2 aliphatic rings. The molecule has 0 amide bonds. The van der Waals surface area contributed by atoms with Gasteiger partial charge in [0.15, 0.2) is 5.96 Å². The van der Waals surface area contributed by atoms with Crippen molar-refractivity contribution in [2.75, 3.05) is 32.8 Å².